The molecule has 1 heterocycles. The van der Waals surface area contributed by atoms with Crippen LogP contribution in [-0.4, -0.2) is 36.4 Å². The van der Waals surface area contributed by atoms with Crippen molar-refractivity contribution in [2.75, 3.05) is 19.8 Å². The molecule has 0 aromatic rings. The van der Waals surface area contributed by atoms with Crippen molar-refractivity contribution in [3.8, 4) is 0 Å². The van der Waals surface area contributed by atoms with Gasteiger partial charge in [0.25, 0.3) is 0 Å². The minimum atomic E-state index is -0.748. The molecule has 0 saturated carbocycles. The molecule has 1 rings (SSSR count). The van der Waals surface area contributed by atoms with Gasteiger partial charge in [0.05, 0.1) is 5.60 Å². The maximum atomic E-state index is 11.2. The third kappa shape index (κ3) is 3.64. The zero-order valence-electron chi connectivity index (χ0n) is 8.71. The number of hydrogen-bond donors (Lipinski definition) is 2. The van der Waals surface area contributed by atoms with Crippen molar-refractivity contribution in [1.82, 2.24) is 5.32 Å². The SMILES string of the molecule is CCCC(=O)NCC1(O)CCOCC1. The Balaban J connectivity index is 2.24. The summed E-state index contributed by atoms with van der Waals surface area (Å²) in [6.45, 7) is 3.48. The van der Waals surface area contributed by atoms with Gasteiger partial charge in [0.15, 0.2) is 0 Å². The fourth-order valence-corrected chi connectivity index (χ4v) is 1.51. The molecule has 1 aliphatic rings. The number of amides is 1. The van der Waals surface area contributed by atoms with Gasteiger partial charge in [0.1, 0.15) is 0 Å². The van der Waals surface area contributed by atoms with Gasteiger partial charge in [-0.05, 0) is 6.42 Å². The van der Waals surface area contributed by atoms with Gasteiger partial charge in [0, 0.05) is 39.0 Å². The molecule has 14 heavy (non-hydrogen) atoms. The Morgan fingerprint density at radius 3 is 2.71 bits per heavy atom. The van der Waals surface area contributed by atoms with Crippen LogP contribution in [0.2, 0.25) is 0 Å². The molecule has 1 amide bonds. The Hall–Kier alpha value is -0.610. The molecule has 2 N–H and O–H groups in total. The van der Waals surface area contributed by atoms with Crippen molar-refractivity contribution in [2.24, 2.45) is 0 Å². The Labute approximate surface area is 84.6 Å². The van der Waals surface area contributed by atoms with Gasteiger partial charge in [-0.2, -0.15) is 0 Å². The van der Waals surface area contributed by atoms with Crippen LogP contribution in [-0.2, 0) is 9.53 Å². The smallest absolute Gasteiger partial charge is 0.220 e. The van der Waals surface area contributed by atoms with Crippen LogP contribution in [0.1, 0.15) is 32.6 Å². The summed E-state index contributed by atoms with van der Waals surface area (Å²) in [5, 5.41) is 12.7. The monoisotopic (exact) mass is 201 g/mol. The molecule has 0 atom stereocenters. The molecule has 1 saturated heterocycles. The van der Waals surface area contributed by atoms with E-state index in [9.17, 15) is 9.90 Å². The van der Waals surface area contributed by atoms with Crippen molar-refractivity contribution < 1.29 is 14.6 Å². The van der Waals surface area contributed by atoms with E-state index in [2.05, 4.69) is 5.32 Å². The van der Waals surface area contributed by atoms with E-state index in [-0.39, 0.29) is 5.91 Å². The number of rotatable bonds is 4. The van der Waals surface area contributed by atoms with Gasteiger partial charge in [-0.15, -0.1) is 0 Å². The lowest BCUT2D eigenvalue weighted by molar-refractivity contribution is -0.123. The highest BCUT2D eigenvalue weighted by molar-refractivity contribution is 5.75. The summed E-state index contributed by atoms with van der Waals surface area (Å²) in [6.07, 6.45) is 2.60. The predicted octanol–water partition coefficient (Wildman–Crippen LogP) is 0.444. The average Bonchev–Trinajstić information content (AvgIpc) is 2.17. The summed E-state index contributed by atoms with van der Waals surface area (Å²) in [4.78, 5) is 11.2. The number of nitrogens with one attached hydrogen (secondary N) is 1. The molecule has 82 valence electrons. The largest absolute Gasteiger partial charge is 0.388 e. The van der Waals surface area contributed by atoms with Crippen molar-refractivity contribution in [3.63, 3.8) is 0 Å². The van der Waals surface area contributed by atoms with Gasteiger partial charge in [-0.3, -0.25) is 4.79 Å². The fraction of sp³-hybridized carbons (Fsp3) is 0.900. The molecule has 0 aliphatic carbocycles. The van der Waals surface area contributed by atoms with Crippen LogP contribution in [0.4, 0.5) is 0 Å². The summed E-state index contributed by atoms with van der Waals surface area (Å²) in [5.41, 5.74) is -0.748. The second-order valence-corrected chi connectivity index (χ2v) is 3.86. The molecule has 0 aromatic carbocycles. The summed E-state index contributed by atoms with van der Waals surface area (Å²) in [7, 11) is 0. The average molecular weight is 201 g/mol. The van der Waals surface area contributed by atoms with Crippen LogP contribution in [0.15, 0.2) is 0 Å². The highest BCUT2D eigenvalue weighted by Gasteiger charge is 2.29. The van der Waals surface area contributed by atoms with E-state index in [0.717, 1.165) is 6.42 Å². The summed E-state index contributed by atoms with van der Waals surface area (Å²) >= 11 is 0. The summed E-state index contributed by atoms with van der Waals surface area (Å²) in [6, 6.07) is 0. The minimum absolute atomic E-state index is 0.0208. The van der Waals surface area contributed by atoms with E-state index in [1.807, 2.05) is 6.92 Å². The molecule has 4 heteroatoms. The maximum Gasteiger partial charge on any atom is 0.220 e. The number of aliphatic hydroxyl groups is 1. The van der Waals surface area contributed by atoms with E-state index in [1.54, 1.807) is 0 Å². The molecule has 1 aliphatic heterocycles. The predicted molar refractivity (Wildman–Crippen MR) is 52.9 cm³/mol. The standard InChI is InChI=1S/C10H19NO3/c1-2-3-9(12)11-8-10(13)4-6-14-7-5-10/h13H,2-8H2,1H3,(H,11,12). The number of hydrogen-bond acceptors (Lipinski definition) is 3. The van der Waals surface area contributed by atoms with Crippen LogP contribution in [0.3, 0.4) is 0 Å². The zero-order chi connectivity index (χ0) is 10.4. The Kier molecular flexibility index (Phi) is 4.35. The second kappa shape index (κ2) is 5.32. The van der Waals surface area contributed by atoms with E-state index in [4.69, 9.17) is 4.74 Å². The van der Waals surface area contributed by atoms with Crippen LogP contribution in [0, 0.1) is 0 Å². The van der Waals surface area contributed by atoms with Gasteiger partial charge >= 0.3 is 0 Å². The Bertz CT molecular complexity index is 188. The quantitative estimate of drug-likeness (QED) is 0.694. The van der Waals surface area contributed by atoms with Crippen molar-refractivity contribution in [2.45, 2.75) is 38.2 Å². The highest BCUT2D eigenvalue weighted by Crippen LogP contribution is 2.19. The van der Waals surface area contributed by atoms with Crippen LogP contribution >= 0.6 is 0 Å². The number of ether oxygens (including phenoxy) is 1. The first-order valence-corrected chi connectivity index (χ1v) is 5.23. The molecule has 4 nitrogen and oxygen atoms in total. The first kappa shape index (κ1) is 11.5. The molecular weight excluding hydrogens is 182 g/mol. The molecule has 0 aromatic heterocycles. The lowest BCUT2D eigenvalue weighted by Gasteiger charge is -2.32. The topological polar surface area (TPSA) is 58.6 Å². The first-order valence-electron chi connectivity index (χ1n) is 5.23. The minimum Gasteiger partial charge on any atom is -0.388 e. The van der Waals surface area contributed by atoms with Gasteiger partial charge < -0.3 is 15.2 Å². The fourth-order valence-electron chi connectivity index (χ4n) is 1.51. The summed E-state index contributed by atoms with van der Waals surface area (Å²) < 4.78 is 5.15. The van der Waals surface area contributed by atoms with Crippen LogP contribution in [0.25, 0.3) is 0 Å². The highest BCUT2D eigenvalue weighted by atomic mass is 16.5. The number of carbonyl (C=O) groups is 1. The van der Waals surface area contributed by atoms with Gasteiger partial charge in [-0.1, -0.05) is 6.92 Å². The molecule has 0 radical (unpaired) electrons. The van der Waals surface area contributed by atoms with Crippen LogP contribution < -0.4 is 5.32 Å². The lowest BCUT2D eigenvalue weighted by atomic mass is 9.94. The zero-order valence-corrected chi connectivity index (χ0v) is 8.71. The normalized spacial score (nSPS) is 20.4. The van der Waals surface area contributed by atoms with Crippen molar-refractivity contribution in [1.29, 1.82) is 0 Å². The van der Waals surface area contributed by atoms with E-state index >= 15 is 0 Å². The van der Waals surface area contributed by atoms with E-state index in [0.29, 0.717) is 39.0 Å². The Morgan fingerprint density at radius 2 is 2.14 bits per heavy atom. The van der Waals surface area contributed by atoms with Crippen molar-refractivity contribution in [3.05, 3.63) is 0 Å². The molecular formula is C10H19NO3. The molecule has 0 bridgehead atoms. The third-order valence-corrected chi connectivity index (χ3v) is 2.52. The Morgan fingerprint density at radius 1 is 1.50 bits per heavy atom. The lowest BCUT2D eigenvalue weighted by Crippen LogP contribution is -2.46. The molecule has 1 fully saturated rings. The van der Waals surface area contributed by atoms with Gasteiger partial charge in [-0.25, -0.2) is 0 Å². The molecule has 0 unspecified atom stereocenters. The summed E-state index contributed by atoms with van der Waals surface area (Å²) in [5.74, 6) is 0.0208. The van der Waals surface area contributed by atoms with E-state index in [1.165, 1.54) is 0 Å². The van der Waals surface area contributed by atoms with Crippen molar-refractivity contribution >= 4 is 5.91 Å². The molecule has 0 spiro atoms. The second-order valence-electron chi connectivity index (χ2n) is 3.86. The van der Waals surface area contributed by atoms with Crippen LogP contribution in [0.5, 0.6) is 0 Å². The first-order chi connectivity index (χ1) is 6.66. The maximum absolute atomic E-state index is 11.2. The van der Waals surface area contributed by atoms with Gasteiger partial charge in [0.2, 0.25) is 5.91 Å². The third-order valence-electron chi connectivity index (χ3n) is 2.52. The van der Waals surface area contributed by atoms with E-state index < -0.39 is 5.60 Å². The number of carbonyl (C=O) groups excluding carboxylic acids is 1.